The molecule has 0 spiro atoms. The minimum Gasteiger partial charge on any atom is -0.497 e. The molecule has 5 nitrogen and oxygen atoms in total. The SMILES string of the molecule is COc1cccc(NC(=O)[C@H](C)Sc2nc(Cc3ccccc3)c(C)[nH]2)c1. The Morgan fingerprint density at radius 3 is 2.74 bits per heavy atom. The summed E-state index contributed by atoms with van der Waals surface area (Å²) < 4.78 is 5.19. The molecule has 2 aromatic carbocycles. The van der Waals surface area contributed by atoms with E-state index in [2.05, 4.69) is 27.4 Å². The lowest BCUT2D eigenvalue weighted by Crippen LogP contribution is -2.22. The average Bonchev–Trinajstić information content (AvgIpc) is 3.01. The smallest absolute Gasteiger partial charge is 0.237 e. The fraction of sp³-hybridized carbons (Fsp3) is 0.238. The third kappa shape index (κ3) is 5.14. The third-order valence-electron chi connectivity index (χ3n) is 4.17. The predicted molar refractivity (Wildman–Crippen MR) is 110 cm³/mol. The van der Waals surface area contributed by atoms with Crippen molar-refractivity contribution in [3.8, 4) is 5.75 Å². The molecule has 0 aliphatic heterocycles. The number of anilines is 1. The number of ether oxygens (including phenoxy) is 1. The van der Waals surface area contributed by atoms with E-state index in [-0.39, 0.29) is 11.2 Å². The number of hydrogen-bond acceptors (Lipinski definition) is 4. The minimum absolute atomic E-state index is 0.0769. The van der Waals surface area contributed by atoms with Crippen LogP contribution >= 0.6 is 11.8 Å². The monoisotopic (exact) mass is 381 g/mol. The highest BCUT2D eigenvalue weighted by molar-refractivity contribution is 8.00. The van der Waals surface area contributed by atoms with Crippen LogP contribution in [0.4, 0.5) is 5.69 Å². The fourth-order valence-corrected chi connectivity index (χ4v) is 3.53. The van der Waals surface area contributed by atoms with Crippen molar-refractivity contribution >= 4 is 23.4 Å². The van der Waals surface area contributed by atoms with Gasteiger partial charge in [0, 0.05) is 23.9 Å². The van der Waals surface area contributed by atoms with E-state index < -0.39 is 0 Å². The van der Waals surface area contributed by atoms with Gasteiger partial charge in [0.25, 0.3) is 0 Å². The molecule has 1 amide bonds. The molecule has 0 saturated heterocycles. The van der Waals surface area contributed by atoms with Gasteiger partial charge in [0.1, 0.15) is 5.75 Å². The van der Waals surface area contributed by atoms with Crippen LogP contribution in [0.2, 0.25) is 0 Å². The van der Waals surface area contributed by atoms with Crippen LogP contribution in [0, 0.1) is 6.92 Å². The molecule has 1 heterocycles. The number of aromatic nitrogens is 2. The highest BCUT2D eigenvalue weighted by atomic mass is 32.2. The number of H-pyrrole nitrogens is 1. The zero-order chi connectivity index (χ0) is 19.2. The molecule has 3 rings (SSSR count). The highest BCUT2D eigenvalue weighted by Crippen LogP contribution is 2.24. The number of nitrogens with zero attached hydrogens (tertiary/aromatic N) is 1. The maximum absolute atomic E-state index is 12.5. The molecular formula is C21H23N3O2S. The summed E-state index contributed by atoms with van der Waals surface area (Å²) in [5.74, 6) is 0.632. The van der Waals surface area contributed by atoms with Crippen molar-refractivity contribution in [3.05, 3.63) is 71.5 Å². The van der Waals surface area contributed by atoms with Crippen LogP contribution in [0.1, 0.15) is 23.9 Å². The Hall–Kier alpha value is -2.73. The van der Waals surface area contributed by atoms with Crippen LogP contribution in [0.25, 0.3) is 0 Å². The largest absolute Gasteiger partial charge is 0.497 e. The number of aryl methyl sites for hydroxylation is 1. The van der Waals surface area contributed by atoms with Gasteiger partial charge in [-0.2, -0.15) is 0 Å². The molecule has 0 radical (unpaired) electrons. The number of rotatable bonds is 7. The summed E-state index contributed by atoms with van der Waals surface area (Å²) >= 11 is 1.42. The standard InChI is InChI=1S/C21H23N3O2S/c1-14-19(12-16-8-5-4-6-9-16)24-21(22-14)27-15(2)20(25)23-17-10-7-11-18(13-17)26-3/h4-11,13,15H,12H2,1-3H3,(H,22,24)(H,23,25)/t15-/m0/s1. The lowest BCUT2D eigenvalue weighted by atomic mass is 10.1. The number of methoxy groups -OCH3 is 1. The molecule has 140 valence electrons. The topological polar surface area (TPSA) is 67.0 Å². The zero-order valence-electron chi connectivity index (χ0n) is 15.7. The molecule has 0 aliphatic carbocycles. The number of carbonyl (C=O) groups is 1. The quantitative estimate of drug-likeness (QED) is 0.594. The van der Waals surface area contributed by atoms with Crippen LogP contribution < -0.4 is 10.1 Å². The van der Waals surface area contributed by atoms with Crippen LogP contribution in [0.5, 0.6) is 5.75 Å². The first kappa shape index (κ1) is 19.0. The van der Waals surface area contributed by atoms with Gasteiger partial charge in [-0.05, 0) is 31.5 Å². The molecule has 27 heavy (non-hydrogen) atoms. The predicted octanol–water partition coefficient (Wildman–Crippen LogP) is 4.44. The summed E-state index contributed by atoms with van der Waals surface area (Å²) in [6, 6.07) is 17.6. The molecule has 1 aromatic heterocycles. The van der Waals surface area contributed by atoms with Crippen molar-refractivity contribution < 1.29 is 9.53 Å². The average molecular weight is 382 g/mol. The van der Waals surface area contributed by atoms with E-state index in [1.807, 2.05) is 50.2 Å². The summed E-state index contributed by atoms with van der Waals surface area (Å²) in [5.41, 5.74) is 3.96. The maximum atomic E-state index is 12.5. The van der Waals surface area contributed by atoms with E-state index in [9.17, 15) is 4.79 Å². The van der Waals surface area contributed by atoms with E-state index in [1.54, 1.807) is 13.2 Å². The van der Waals surface area contributed by atoms with Crippen molar-refractivity contribution in [1.29, 1.82) is 0 Å². The molecule has 1 atom stereocenters. The molecule has 0 unspecified atom stereocenters. The molecule has 3 aromatic rings. The molecule has 0 bridgehead atoms. The van der Waals surface area contributed by atoms with E-state index in [0.717, 1.165) is 23.0 Å². The summed E-state index contributed by atoms with van der Waals surface area (Å²) in [4.78, 5) is 20.4. The second-order valence-electron chi connectivity index (χ2n) is 6.26. The Kier molecular flexibility index (Phi) is 6.19. The molecule has 6 heteroatoms. The number of nitrogens with one attached hydrogen (secondary N) is 2. The van der Waals surface area contributed by atoms with E-state index in [4.69, 9.17) is 4.74 Å². The van der Waals surface area contributed by atoms with Crippen LogP contribution in [-0.2, 0) is 11.2 Å². The van der Waals surface area contributed by atoms with E-state index >= 15 is 0 Å². The Balaban J connectivity index is 1.62. The van der Waals surface area contributed by atoms with Gasteiger partial charge in [0.15, 0.2) is 5.16 Å². The first-order valence-corrected chi connectivity index (χ1v) is 9.64. The lowest BCUT2D eigenvalue weighted by Gasteiger charge is -2.11. The van der Waals surface area contributed by atoms with Crippen molar-refractivity contribution in [1.82, 2.24) is 9.97 Å². The van der Waals surface area contributed by atoms with Crippen molar-refractivity contribution in [2.24, 2.45) is 0 Å². The molecule has 0 aliphatic rings. The zero-order valence-corrected chi connectivity index (χ0v) is 16.5. The number of aromatic amines is 1. The summed E-state index contributed by atoms with van der Waals surface area (Å²) in [6.45, 7) is 3.88. The van der Waals surface area contributed by atoms with Gasteiger partial charge in [-0.3, -0.25) is 4.79 Å². The minimum atomic E-state index is -0.286. The number of benzene rings is 2. The second-order valence-corrected chi connectivity index (χ2v) is 7.59. The van der Waals surface area contributed by atoms with Gasteiger partial charge in [0.05, 0.1) is 18.1 Å². The number of amides is 1. The van der Waals surface area contributed by atoms with Gasteiger partial charge in [-0.25, -0.2) is 4.98 Å². The first-order valence-electron chi connectivity index (χ1n) is 8.76. The summed E-state index contributed by atoms with van der Waals surface area (Å²) in [7, 11) is 1.60. The maximum Gasteiger partial charge on any atom is 0.237 e. The molecule has 2 N–H and O–H groups in total. The second kappa shape index (κ2) is 8.77. The highest BCUT2D eigenvalue weighted by Gasteiger charge is 2.18. The Morgan fingerprint density at radius 2 is 2.00 bits per heavy atom. The van der Waals surface area contributed by atoms with E-state index in [0.29, 0.717) is 11.4 Å². The third-order valence-corrected chi connectivity index (χ3v) is 5.16. The Bertz CT molecular complexity index is 909. The molecule has 0 saturated carbocycles. The normalized spacial score (nSPS) is 11.8. The summed E-state index contributed by atoms with van der Waals surface area (Å²) in [6.07, 6.45) is 0.772. The van der Waals surface area contributed by atoms with Gasteiger partial charge in [0.2, 0.25) is 5.91 Å². The number of hydrogen-bond donors (Lipinski definition) is 2. The van der Waals surface area contributed by atoms with E-state index in [1.165, 1.54) is 17.3 Å². The van der Waals surface area contributed by atoms with Gasteiger partial charge >= 0.3 is 0 Å². The Morgan fingerprint density at radius 1 is 1.22 bits per heavy atom. The van der Waals surface area contributed by atoms with Crippen LogP contribution in [0.3, 0.4) is 0 Å². The Labute approximate surface area is 163 Å². The molecular weight excluding hydrogens is 358 g/mol. The molecule has 0 fully saturated rings. The van der Waals surface area contributed by atoms with Crippen LogP contribution in [0.15, 0.2) is 59.8 Å². The number of carbonyl (C=O) groups excluding carboxylic acids is 1. The van der Waals surface area contributed by atoms with Crippen molar-refractivity contribution in [3.63, 3.8) is 0 Å². The van der Waals surface area contributed by atoms with Crippen molar-refractivity contribution in [2.45, 2.75) is 30.7 Å². The van der Waals surface area contributed by atoms with Gasteiger partial charge < -0.3 is 15.0 Å². The van der Waals surface area contributed by atoms with Gasteiger partial charge in [-0.1, -0.05) is 48.2 Å². The summed E-state index contributed by atoms with van der Waals surface area (Å²) in [5, 5.41) is 3.39. The van der Waals surface area contributed by atoms with Crippen LogP contribution in [-0.4, -0.2) is 28.2 Å². The van der Waals surface area contributed by atoms with Crippen molar-refractivity contribution in [2.75, 3.05) is 12.4 Å². The number of thioether (sulfide) groups is 1. The number of imidazole rings is 1. The lowest BCUT2D eigenvalue weighted by molar-refractivity contribution is -0.115. The fourth-order valence-electron chi connectivity index (χ4n) is 2.65. The first-order chi connectivity index (χ1) is 13.0. The van der Waals surface area contributed by atoms with Gasteiger partial charge in [-0.15, -0.1) is 0 Å².